The first-order valence-electron chi connectivity index (χ1n) is 5.58. The highest BCUT2D eigenvalue weighted by Crippen LogP contribution is 2.09. The van der Waals surface area contributed by atoms with Gasteiger partial charge in [0.1, 0.15) is 0 Å². The molecule has 94 valence electrons. The van der Waals surface area contributed by atoms with Crippen LogP contribution >= 0.6 is 11.6 Å². The number of aromatic nitrogens is 3. The zero-order valence-corrected chi connectivity index (χ0v) is 10.5. The summed E-state index contributed by atoms with van der Waals surface area (Å²) in [6.45, 7) is 0.509. The summed E-state index contributed by atoms with van der Waals surface area (Å²) in [5.41, 5.74) is 6.70. The van der Waals surface area contributed by atoms with Gasteiger partial charge in [0, 0.05) is 0 Å². The number of nitrogens with zero attached hydrogens (tertiary/aromatic N) is 3. The van der Waals surface area contributed by atoms with E-state index >= 15 is 0 Å². The second-order valence-electron chi connectivity index (χ2n) is 3.68. The number of nitrogens with two attached hydrogens (primary N) is 1. The number of halogens is 1. The van der Waals surface area contributed by atoms with Gasteiger partial charge in [-0.05, 0) is 30.0 Å². The summed E-state index contributed by atoms with van der Waals surface area (Å²) < 4.78 is 5.36. The molecular formula is C12H13ClN4O. The van der Waals surface area contributed by atoms with Crippen LogP contribution in [0.3, 0.4) is 0 Å². The van der Waals surface area contributed by atoms with E-state index in [-0.39, 0.29) is 17.2 Å². The minimum Gasteiger partial charge on any atom is -0.463 e. The van der Waals surface area contributed by atoms with E-state index in [0.29, 0.717) is 6.61 Å². The predicted octanol–water partition coefficient (Wildman–Crippen LogP) is 2.12. The lowest BCUT2D eigenvalue weighted by Gasteiger charge is -2.04. The first kappa shape index (κ1) is 12.6. The smallest absolute Gasteiger partial charge is 0.322 e. The Labute approximate surface area is 110 Å². The van der Waals surface area contributed by atoms with Crippen molar-refractivity contribution in [3.05, 3.63) is 41.2 Å². The number of aryl methyl sites for hydroxylation is 1. The van der Waals surface area contributed by atoms with E-state index in [1.165, 1.54) is 5.56 Å². The number of rotatable bonds is 5. The minimum atomic E-state index is 0.0422. The van der Waals surface area contributed by atoms with E-state index in [9.17, 15) is 0 Å². The molecule has 1 heterocycles. The van der Waals surface area contributed by atoms with E-state index in [1.54, 1.807) is 0 Å². The molecular weight excluding hydrogens is 252 g/mol. The van der Waals surface area contributed by atoms with Crippen molar-refractivity contribution in [3.63, 3.8) is 0 Å². The molecule has 0 aliphatic heterocycles. The van der Waals surface area contributed by atoms with E-state index in [0.717, 1.165) is 12.8 Å². The highest BCUT2D eigenvalue weighted by atomic mass is 35.5. The van der Waals surface area contributed by atoms with Crippen LogP contribution in [-0.4, -0.2) is 21.6 Å². The van der Waals surface area contributed by atoms with Gasteiger partial charge < -0.3 is 10.5 Å². The van der Waals surface area contributed by atoms with Crippen molar-refractivity contribution in [2.45, 2.75) is 12.8 Å². The number of benzene rings is 1. The van der Waals surface area contributed by atoms with Gasteiger partial charge in [0.25, 0.3) is 0 Å². The Morgan fingerprint density at radius 2 is 1.89 bits per heavy atom. The zero-order chi connectivity index (χ0) is 12.8. The number of anilines is 1. The van der Waals surface area contributed by atoms with Gasteiger partial charge in [-0.3, -0.25) is 0 Å². The van der Waals surface area contributed by atoms with Gasteiger partial charge in [0.15, 0.2) is 0 Å². The lowest BCUT2D eigenvalue weighted by Crippen LogP contribution is -2.05. The van der Waals surface area contributed by atoms with Crippen LogP contribution < -0.4 is 10.5 Å². The zero-order valence-electron chi connectivity index (χ0n) is 9.71. The molecule has 2 N–H and O–H groups in total. The largest absolute Gasteiger partial charge is 0.463 e. The first-order valence-corrected chi connectivity index (χ1v) is 5.95. The maximum absolute atomic E-state index is 5.64. The Hall–Kier alpha value is -1.88. The number of ether oxygens (including phenoxy) is 1. The lowest BCUT2D eigenvalue weighted by atomic mass is 10.1. The molecule has 0 aliphatic carbocycles. The molecule has 6 heteroatoms. The van der Waals surface area contributed by atoms with Crippen LogP contribution in [0.2, 0.25) is 5.28 Å². The number of hydrogen-bond acceptors (Lipinski definition) is 5. The summed E-state index contributed by atoms with van der Waals surface area (Å²) in [7, 11) is 0. The maximum atomic E-state index is 5.64. The predicted molar refractivity (Wildman–Crippen MR) is 69.5 cm³/mol. The van der Waals surface area contributed by atoms with Gasteiger partial charge in [-0.1, -0.05) is 30.3 Å². The van der Waals surface area contributed by atoms with Crippen molar-refractivity contribution in [3.8, 4) is 6.01 Å². The van der Waals surface area contributed by atoms with E-state index in [2.05, 4.69) is 27.1 Å². The molecule has 0 spiro atoms. The fourth-order valence-electron chi connectivity index (χ4n) is 1.50. The molecule has 0 atom stereocenters. The summed E-state index contributed by atoms with van der Waals surface area (Å²) in [4.78, 5) is 11.3. The molecule has 0 unspecified atom stereocenters. The van der Waals surface area contributed by atoms with Crippen LogP contribution in [0.25, 0.3) is 0 Å². The Morgan fingerprint density at radius 1 is 1.11 bits per heavy atom. The van der Waals surface area contributed by atoms with Crippen LogP contribution in [0.5, 0.6) is 6.01 Å². The molecule has 0 amide bonds. The van der Waals surface area contributed by atoms with Gasteiger partial charge >= 0.3 is 6.01 Å². The average Bonchev–Trinajstić information content (AvgIpc) is 2.35. The quantitative estimate of drug-likeness (QED) is 0.838. The van der Waals surface area contributed by atoms with Crippen molar-refractivity contribution in [1.82, 2.24) is 15.0 Å². The van der Waals surface area contributed by atoms with Crippen molar-refractivity contribution in [2.24, 2.45) is 0 Å². The SMILES string of the molecule is Nc1nc(Cl)nc(OCCCc2ccccc2)n1. The van der Waals surface area contributed by atoms with Gasteiger partial charge in [-0.25, -0.2) is 0 Å². The van der Waals surface area contributed by atoms with Crippen LogP contribution in [-0.2, 0) is 6.42 Å². The fourth-order valence-corrected chi connectivity index (χ4v) is 1.65. The second kappa shape index (κ2) is 6.16. The average molecular weight is 265 g/mol. The normalized spacial score (nSPS) is 10.3. The van der Waals surface area contributed by atoms with Gasteiger partial charge in [-0.2, -0.15) is 15.0 Å². The Balaban J connectivity index is 1.78. The molecule has 2 aromatic rings. The van der Waals surface area contributed by atoms with E-state index < -0.39 is 0 Å². The summed E-state index contributed by atoms with van der Waals surface area (Å²) in [5.74, 6) is 0.0630. The van der Waals surface area contributed by atoms with Gasteiger partial charge in [0.2, 0.25) is 11.2 Å². The lowest BCUT2D eigenvalue weighted by molar-refractivity contribution is 0.286. The Bertz CT molecular complexity index is 486. The van der Waals surface area contributed by atoms with Crippen molar-refractivity contribution in [2.75, 3.05) is 12.3 Å². The standard InChI is InChI=1S/C12H13ClN4O/c13-10-15-11(14)17-12(16-10)18-8-4-7-9-5-2-1-3-6-9/h1-3,5-6H,4,7-8H2,(H2,14,15,16,17). The third-order valence-corrected chi connectivity index (χ3v) is 2.46. The van der Waals surface area contributed by atoms with Crippen LogP contribution in [0.1, 0.15) is 12.0 Å². The topological polar surface area (TPSA) is 73.9 Å². The van der Waals surface area contributed by atoms with E-state index in [4.69, 9.17) is 22.1 Å². The summed E-state index contributed by atoms with van der Waals surface area (Å²) >= 11 is 5.64. The molecule has 5 nitrogen and oxygen atoms in total. The second-order valence-corrected chi connectivity index (χ2v) is 4.02. The Morgan fingerprint density at radius 3 is 2.61 bits per heavy atom. The fraction of sp³-hybridized carbons (Fsp3) is 0.250. The molecule has 0 radical (unpaired) electrons. The molecule has 0 saturated carbocycles. The molecule has 0 saturated heterocycles. The third-order valence-electron chi connectivity index (χ3n) is 2.29. The van der Waals surface area contributed by atoms with Crippen molar-refractivity contribution in [1.29, 1.82) is 0 Å². The maximum Gasteiger partial charge on any atom is 0.322 e. The molecule has 1 aromatic heterocycles. The molecule has 0 fully saturated rings. The van der Waals surface area contributed by atoms with Crippen LogP contribution in [0.4, 0.5) is 5.95 Å². The summed E-state index contributed by atoms with van der Waals surface area (Å²) in [5, 5.41) is 0.0422. The first-order chi connectivity index (χ1) is 8.74. The summed E-state index contributed by atoms with van der Waals surface area (Å²) in [6, 6.07) is 10.4. The van der Waals surface area contributed by atoms with Gasteiger partial charge in [0.05, 0.1) is 6.61 Å². The molecule has 0 bridgehead atoms. The summed E-state index contributed by atoms with van der Waals surface area (Å²) in [6.07, 6.45) is 1.81. The number of hydrogen-bond donors (Lipinski definition) is 1. The van der Waals surface area contributed by atoms with Crippen LogP contribution in [0.15, 0.2) is 30.3 Å². The Kier molecular flexibility index (Phi) is 4.30. The third kappa shape index (κ3) is 3.85. The van der Waals surface area contributed by atoms with Gasteiger partial charge in [-0.15, -0.1) is 0 Å². The number of nitrogen functional groups attached to an aromatic ring is 1. The highest BCUT2D eigenvalue weighted by Gasteiger charge is 2.03. The molecule has 1 aromatic carbocycles. The van der Waals surface area contributed by atoms with Crippen molar-refractivity contribution >= 4 is 17.5 Å². The minimum absolute atomic E-state index is 0.0422. The van der Waals surface area contributed by atoms with Crippen LogP contribution in [0, 0.1) is 0 Å². The highest BCUT2D eigenvalue weighted by molar-refractivity contribution is 6.28. The molecule has 2 rings (SSSR count). The molecule has 0 aliphatic rings. The molecule has 18 heavy (non-hydrogen) atoms. The monoisotopic (exact) mass is 264 g/mol. The van der Waals surface area contributed by atoms with Crippen molar-refractivity contribution < 1.29 is 4.74 Å². The van der Waals surface area contributed by atoms with E-state index in [1.807, 2.05) is 18.2 Å².